The quantitative estimate of drug-likeness (QED) is 0.693. The lowest BCUT2D eigenvalue weighted by Crippen LogP contribution is -2.09. The first-order valence-electron chi connectivity index (χ1n) is 3.91. The van der Waals surface area contributed by atoms with E-state index in [0.717, 1.165) is 0 Å². The number of rotatable bonds is 2. The number of hydrogen-bond acceptors (Lipinski definition) is 1. The highest BCUT2D eigenvalue weighted by molar-refractivity contribution is 9.11. The Morgan fingerprint density at radius 3 is 2.45 bits per heavy atom. The molecule has 1 rings (SSSR count). The van der Waals surface area contributed by atoms with Gasteiger partial charge in [-0.2, -0.15) is 0 Å². The molecular formula is C9H15BrO. The van der Waals surface area contributed by atoms with Crippen LogP contribution in [0.5, 0.6) is 0 Å². The third-order valence-electron chi connectivity index (χ3n) is 2.84. The van der Waals surface area contributed by atoms with Crippen LogP contribution < -0.4 is 0 Å². The Morgan fingerprint density at radius 2 is 2.18 bits per heavy atom. The molecule has 0 aromatic carbocycles. The fourth-order valence-electron chi connectivity index (χ4n) is 1.61. The van der Waals surface area contributed by atoms with Crippen molar-refractivity contribution in [1.29, 1.82) is 0 Å². The number of methoxy groups -OCH3 is 1. The first-order valence-corrected chi connectivity index (χ1v) is 4.70. The molecule has 0 radical (unpaired) electrons. The highest BCUT2D eigenvalue weighted by Crippen LogP contribution is 2.53. The summed E-state index contributed by atoms with van der Waals surface area (Å²) in [6, 6.07) is 0. The molecule has 3 atom stereocenters. The molecule has 0 aliphatic heterocycles. The summed E-state index contributed by atoms with van der Waals surface area (Å²) in [5, 5.41) is 0. The smallest absolute Gasteiger partial charge is 0.0749 e. The summed E-state index contributed by atoms with van der Waals surface area (Å²) in [6.07, 6.45) is 2.23. The van der Waals surface area contributed by atoms with Crippen molar-refractivity contribution in [2.75, 3.05) is 7.11 Å². The average molecular weight is 219 g/mol. The van der Waals surface area contributed by atoms with Crippen LogP contribution in [0.4, 0.5) is 0 Å². The molecule has 1 aliphatic carbocycles. The first-order chi connectivity index (χ1) is 5.02. The van der Waals surface area contributed by atoms with Crippen LogP contribution >= 0.6 is 15.9 Å². The third kappa shape index (κ3) is 1.52. The lowest BCUT2D eigenvalue weighted by molar-refractivity contribution is 0.0772. The minimum absolute atomic E-state index is 0.0923. The van der Waals surface area contributed by atoms with E-state index in [1.165, 1.54) is 4.48 Å². The van der Waals surface area contributed by atoms with Crippen molar-refractivity contribution in [1.82, 2.24) is 0 Å². The van der Waals surface area contributed by atoms with Crippen molar-refractivity contribution in [3.63, 3.8) is 0 Å². The third-order valence-corrected chi connectivity index (χ3v) is 3.11. The minimum Gasteiger partial charge on any atom is -0.378 e. The molecule has 0 spiro atoms. The Bertz CT molecular complexity index is 184. The highest BCUT2D eigenvalue weighted by atomic mass is 79.9. The molecule has 2 unspecified atom stereocenters. The van der Waals surface area contributed by atoms with E-state index in [2.05, 4.69) is 42.8 Å². The predicted molar refractivity (Wildman–Crippen MR) is 50.8 cm³/mol. The molecule has 1 nitrogen and oxygen atoms in total. The molecule has 0 bridgehead atoms. The van der Waals surface area contributed by atoms with E-state index in [-0.39, 0.29) is 5.60 Å². The van der Waals surface area contributed by atoms with Crippen molar-refractivity contribution >= 4 is 15.9 Å². The fourth-order valence-corrected chi connectivity index (χ4v) is 1.90. The second-order valence-corrected chi connectivity index (χ2v) is 4.71. The van der Waals surface area contributed by atoms with Gasteiger partial charge in [-0.1, -0.05) is 28.9 Å². The molecule has 0 saturated heterocycles. The average Bonchev–Trinajstić information content (AvgIpc) is 2.41. The van der Waals surface area contributed by atoms with Gasteiger partial charge in [0, 0.05) is 13.0 Å². The van der Waals surface area contributed by atoms with Gasteiger partial charge in [-0.15, -0.1) is 0 Å². The Hall–Kier alpha value is 0.180. The van der Waals surface area contributed by atoms with Gasteiger partial charge in [0.15, 0.2) is 0 Å². The van der Waals surface area contributed by atoms with E-state index in [9.17, 15) is 0 Å². The van der Waals surface area contributed by atoms with Gasteiger partial charge in [-0.05, 0) is 24.2 Å². The summed E-state index contributed by atoms with van der Waals surface area (Å²) in [5.74, 6) is 1.24. The Labute approximate surface area is 76.9 Å². The van der Waals surface area contributed by atoms with Crippen LogP contribution in [0.25, 0.3) is 0 Å². The Morgan fingerprint density at radius 1 is 1.64 bits per heavy atom. The van der Waals surface area contributed by atoms with Crippen LogP contribution in [0.1, 0.15) is 20.8 Å². The van der Waals surface area contributed by atoms with Crippen molar-refractivity contribution in [3.05, 3.63) is 10.6 Å². The standard InChI is InChI=1S/C9H15BrO/c1-6(10)5-8-7(2)9(8,3)11-4/h5,7-8H,1-4H3/t7-,8?,9?/m1/s1. The van der Waals surface area contributed by atoms with Crippen LogP contribution in [0.3, 0.4) is 0 Å². The maximum absolute atomic E-state index is 5.41. The Balaban J connectivity index is 2.61. The van der Waals surface area contributed by atoms with Crippen molar-refractivity contribution in [2.45, 2.75) is 26.4 Å². The molecule has 1 fully saturated rings. The molecule has 64 valence electrons. The second kappa shape index (κ2) is 2.91. The zero-order chi connectivity index (χ0) is 8.65. The van der Waals surface area contributed by atoms with Crippen LogP contribution in [-0.2, 0) is 4.74 Å². The largest absolute Gasteiger partial charge is 0.378 e. The van der Waals surface area contributed by atoms with Gasteiger partial charge >= 0.3 is 0 Å². The first kappa shape index (κ1) is 9.27. The molecule has 0 heterocycles. The van der Waals surface area contributed by atoms with Crippen molar-refractivity contribution < 1.29 is 4.74 Å². The van der Waals surface area contributed by atoms with Gasteiger partial charge in [0.1, 0.15) is 0 Å². The van der Waals surface area contributed by atoms with Gasteiger partial charge in [0.25, 0.3) is 0 Å². The Kier molecular flexibility index (Phi) is 2.45. The van der Waals surface area contributed by atoms with Gasteiger partial charge in [-0.25, -0.2) is 0 Å². The van der Waals surface area contributed by atoms with E-state index >= 15 is 0 Å². The SMILES string of the molecule is COC1(C)C(C=C(C)Br)[C@H]1C. The predicted octanol–water partition coefficient (Wildman–Crippen LogP) is 2.96. The number of ether oxygens (including phenoxy) is 1. The molecule has 2 heteroatoms. The van der Waals surface area contributed by atoms with Gasteiger partial charge < -0.3 is 4.74 Å². The lowest BCUT2D eigenvalue weighted by Gasteiger charge is -2.06. The monoisotopic (exact) mass is 218 g/mol. The molecule has 0 aromatic rings. The summed E-state index contributed by atoms with van der Waals surface area (Å²) in [7, 11) is 1.79. The maximum Gasteiger partial charge on any atom is 0.0749 e. The van der Waals surface area contributed by atoms with Crippen LogP contribution in [-0.4, -0.2) is 12.7 Å². The van der Waals surface area contributed by atoms with E-state index in [1.807, 2.05) is 0 Å². The molecular weight excluding hydrogens is 204 g/mol. The summed E-state index contributed by atoms with van der Waals surface area (Å²) in [4.78, 5) is 0. The highest BCUT2D eigenvalue weighted by Gasteiger charge is 2.57. The van der Waals surface area contributed by atoms with E-state index in [1.54, 1.807) is 7.11 Å². The van der Waals surface area contributed by atoms with Crippen molar-refractivity contribution in [2.24, 2.45) is 11.8 Å². The molecule has 1 saturated carbocycles. The number of allylic oxidation sites excluding steroid dienone is 1. The lowest BCUT2D eigenvalue weighted by atomic mass is 10.3. The normalized spacial score (nSPS) is 44.3. The number of hydrogen-bond donors (Lipinski definition) is 0. The zero-order valence-corrected chi connectivity index (χ0v) is 9.10. The molecule has 0 amide bonds. The van der Waals surface area contributed by atoms with Crippen LogP contribution in [0, 0.1) is 11.8 Å². The summed E-state index contributed by atoms with van der Waals surface area (Å²) >= 11 is 3.43. The minimum atomic E-state index is 0.0923. The van der Waals surface area contributed by atoms with Gasteiger partial charge in [-0.3, -0.25) is 0 Å². The number of halogens is 1. The molecule has 11 heavy (non-hydrogen) atoms. The summed E-state index contributed by atoms with van der Waals surface area (Å²) < 4.78 is 6.61. The van der Waals surface area contributed by atoms with Gasteiger partial charge in [0.05, 0.1) is 5.60 Å². The van der Waals surface area contributed by atoms with E-state index in [0.29, 0.717) is 11.8 Å². The molecule has 0 N–H and O–H groups in total. The van der Waals surface area contributed by atoms with Crippen LogP contribution in [0.15, 0.2) is 10.6 Å². The van der Waals surface area contributed by atoms with E-state index in [4.69, 9.17) is 4.74 Å². The second-order valence-electron chi connectivity index (χ2n) is 3.46. The maximum atomic E-state index is 5.41. The van der Waals surface area contributed by atoms with Crippen molar-refractivity contribution in [3.8, 4) is 0 Å². The van der Waals surface area contributed by atoms with E-state index < -0.39 is 0 Å². The zero-order valence-electron chi connectivity index (χ0n) is 7.52. The van der Waals surface area contributed by atoms with Gasteiger partial charge in [0.2, 0.25) is 0 Å². The topological polar surface area (TPSA) is 9.23 Å². The summed E-state index contributed by atoms with van der Waals surface area (Å²) in [5.41, 5.74) is 0.0923. The molecule has 1 aliphatic rings. The van der Waals surface area contributed by atoms with Crippen LogP contribution in [0.2, 0.25) is 0 Å². The molecule has 0 aromatic heterocycles. The summed E-state index contributed by atoms with van der Waals surface area (Å²) in [6.45, 7) is 6.44. The fraction of sp³-hybridized carbons (Fsp3) is 0.778.